The molecule has 1 unspecified atom stereocenters. The van der Waals surface area contributed by atoms with Crippen molar-refractivity contribution in [1.29, 1.82) is 0 Å². The van der Waals surface area contributed by atoms with Crippen LogP contribution in [0.2, 0.25) is 0 Å². The third kappa shape index (κ3) is 6.00. The van der Waals surface area contributed by atoms with Crippen molar-refractivity contribution in [3.63, 3.8) is 0 Å². The van der Waals surface area contributed by atoms with E-state index < -0.39 is 17.8 Å². The van der Waals surface area contributed by atoms with E-state index in [1.807, 2.05) is 35.2 Å². The number of aliphatic hydroxyl groups excluding tert-OH is 1. The van der Waals surface area contributed by atoms with Gasteiger partial charge < -0.3 is 14.7 Å². The SMILES string of the molecule is C=CCc1ccccc1OCC(O)CN1CCN(c2cccc(C(F)(F)F)c2)CC1. The average Bonchev–Trinajstić information content (AvgIpc) is 2.73. The Morgan fingerprint density at radius 3 is 2.50 bits per heavy atom. The number of alkyl halides is 3. The second-order valence-electron chi connectivity index (χ2n) is 7.40. The summed E-state index contributed by atoms with van der Waals surface area (Å²) in [4.78, 5) is 4.05. The number of ether oxygens (including phenoxy) is 1. The molecule has 2 aromatic carbocycles. The van der Waals surface area contributed by atoms with Gasteiger partial charge in [0.15, 0.2) is 0 Å². The van der Waals surface area contributed by atoms with Crippen LogP contribution in [-0.2, 0) is 12.6 Å². The molecule has 0 aliphatic carbocycles. The lowest BCUT2D eigenvalue weighted by Crippen LogP contribution is -2.49. The van der Waals surface area contributed by atoms with E-state index in [2.05, 4.69) is 11.5 Å². The summed E-state index contributed by atoms with van der Waals surface area (Å²) in [6.07, 6.45) is -2.49. The largest absolute Gasteiger partial charge is 0.491 e. The van der Waals surface area contributed by atoms with Crippen molar-refractivity contribution < 1.29 is 23.0 Å². The maximum Gasteiger partial charge on any atom is 0.416 e. The molecule has 2 aromatic rings. The molecule has 0 bridgehead atoms. The van der Waals surface area contributed by atoms with E-state index in [-0.39, 0.29) is 6.61 Å². The maximum atomic E-state index is 12.9. The number of para-hydroxylation sites is 1. The van der Waals surface area contributed by atoms with Gasteiger partial charge in [0.1, 0.15) is 18.5 Å². The lowest BCUT2D eigenvalue weighted by Gasteiger charge is -2.37. The third-order valence-corrected chi connectivity index (χ3v) is 5.15. The van der Waals surface area contributed by atoms with Crippen LogP contribution in [0, 0.1) is 0 Å². The summed E-state index contributed by atoms with van der Waals surface area (Å²) < 4.78 is 44.6. The van der Waals surface area contributed by atoms with Gasteiger partial charge in [-0.25, -0.2) is 0 Å². The predicted molar refractivity (Wildman–Crippen MR) is 112 cm³/mol. The smallest absolute Gasteiger partial charge is 0.416 e. The van der Waals surface area contributed by atoms with Crippen LogP contribution in [0.5, 0.6) is 5.75 Å². The highest BCUT2D eigenvalue weighted by molar-refractivity contribution is 5.49. The first-order chi connectivity index (χ1) is 14.4. The molecular formula is C23H27F3N2O2. The first-order valence-electron chi connectivity index (χ1n) is 10.0. The van der Waals surface area contributed by atoms with Gasteiger partial charge in [0.2, 0.25) is 0 Å². The monoisotopic (exact) mass is 420 g/mol. The van der Waals surface area contributed by atoms with Gasteiger partial charge in [-0.3, -0.25) is 4.90 Å². The Balaban J connectivity index is 1.47. The molecule has 1 N–H and O–H groups in total. The molecule has 0 amide bonds. The van der Waals surface area contributed by atoms with Gasteiger partial charge in [0.05, 0.1) is 5.56 Å². The van der Waals surface area contributed by atoms with E-state index in [0.717, 1.165) is 17.4 Å². The van der Waals surface area contributed by atoms with Crippen molar-refractivity contribution in [2.24, 2.45) is 0 Å². The summed E-state index contributed by atoms with van der Waals surface area (Å²) >= 11 is 0. The Hall–Kier alpha value is -2.51. The van der Waals surface area contributed by atoms with Crippen LogP contribution in [-0.4, -0.2) is 55.4 Å². The van der Waals surface area contributed by atoms with Gasteiger partial charge in [-0.15, -0.1) is 6.58 Å². The highest BCUT2D eigenvalue weighted by Crippen LogP contribution is 2.31. The number of nitrogens with zero attached hydrogens (tertiary/aromatic N) is 2. The van der Waals surface area contributed by atoms with Gasteiger partial charge in [-0.2, -0.15) is 13.2 Å². The molecule has 30 heavy (non-hydrogen) atoms. The summed E-state index contributed by atoms with van der Waals surface area (Å²) in [6.45, 7) is 6.93. The Kier molecular flexibility index (Phi) is 7.39. The van der Waals surface area contributed by atoms with Gasteiger partial charge in [0, 0.05) is 38.4 Å². The first kappa shape index (κ1) is 22.2. The fourth-order valence-electron chi connectivity index (χ4n) is 3.57. The van der Waals surface area contributed by atoms with Crippen molar-refractivity contribution in [3.05, 3.63) is 72.3 Å². The number of rotatable bonds is 8. The number of piperazine rings is 1. The zero-order chi connectivity index (χ0) is 21.6. The van der Waals surface area contributed by atoms with E-state index in [9.17, 15) is 18.3 Å². The van der Waals surface area contributed by atoms with Crippen LogP contribution < -0.4 is 9.64 Å². The van der Waals surface area contributed by atoms with Crippen molar-refractivity contribution in [2.75, 3.05) is 44.2 Å². The topological polar surface area (TPSA) is 35.9 Å². The number of hydrogen-bond donors (Lipinski definition) is 1. The molecule has 1 aliphatic heterocycles. The lowest BCUT2D eigenvalue weighted by atomic mass is 10.1. The van der Waals surface area contributed by atoms with E-state index in [1.165, 1.54) is 12.1 Å². The van der Waals surface area contributed by atoms with Gasteiger partial charge in [-0.05, 0) is 36.2 Å². The average molecular weight is 420 g/mol. The minimum Gasteiger partial charge on any atom is -0.491 e. The van der Waals surface area contributed by atoms with Crippen molar-refractivity contribution in [3.8, 4) is 5.75 Å². The number of halogens is 3. The molecule has 1 saturated heterocycles. The minimum absolute atomic E-state index is 0.183. The molecule has 3 rings (SSSR count). The molecule has 1 atom stereocenters. The molecule has 4 nitrogen and oxygen atoms in total. The minimum atomic E-state index is -4.34. The van der Waals surface area contributed by atoms with Crippen LogP contribution in [0.3, 0.4) is 0 Å². The van der Waals surface area contributed by atoms with Gasteiger partial charge >= 0.3 is 6.18 Å². The third-order valence-electron chi connectivity index (χ3n) is 5.15. The van der Waals surface area contributed by atoms with E-state index in [4.69, 9.17) is 4.74 Å². The Morgan fingerprint density at radius 1 is 1.07 bits per heavy atom. The van der Waals surface area contributed by atoms with Gasteiger partial charge in [-0.1, -0.05) is 30.3 Å². The lowest BCUT2D eigenvalue weighted by molar-refractivity contribution is -0.137. The molecule has 0 radical (unpaired) electrons. The molecule has 1 fully saturated rings. The standard InChI is InChI=1S/C23H27F3N2O2/c1-2-6-18-7-3-4-10-22(18)30-17-21(29)16-27-11-13-28(14-12-27)20-9-5-8-19(15-20)23(24,25)26/h2-5,7-10,15,21,29H,1,6,11-14,16-17H2. The second-order valence-corrected chi connectivity index (χ2v) is 7.40. The zero-order valence-electron chi connectivity index (χ0n) is 16.8. The first-order valence-corrected chi connectivity index (χ1v) is 10.0. The fraction of sp³-hybridized carbons (Fsp3) is 0.391. The number of allylic oxidation sites excluding steroid dienone is 1. The Morgan fingerprint density at radius 2 is 1.80 bits per heavy atom. The summed E-state index contributed by atoms with van der Waals surface area (Å²) in [6, 6.07) is 13.1. The highest BCUT2D eigenvalue weighted by Gasteiger charge is 2.31. The highest BCUT2D eigenvalue weighted by atomic mass is 19.4. The maximum absolute atomic E-state index is 12.9. The molecule has 1 aliphatic rings. The number of aliphatic hydroxyl groups is 1. The van der Waals surface area contributed by atoms with Gasteiger partial charge in [0.25, 0.3) is 0 Å². The molecule has 7 heteroatoms. The van der Waals surface area contributed by atoms with Crippen LogP contribution >= 0.6 is 0 Å². The van der Waals surface area contributed by atoms with Crippen molar-refractivity contribution in [2.45, 2.75) is 18.7 Å². The Bertz CT molecular complexity index is 833. The van der Waals surface area contributed by atoms with Crippen LogP contribution in [0.4, 0.5) is 18.9 Å². The fourth-order valence-corrected chi connectivity index (χ4v) is 3.57. The molecule has 0 spiro atoms. The molecule has 1 heterocycles. The van der Waals surface area contributed by atoms with Crippen molar-refractivity contribution in [1.82, 2.24) is 4.90 Å². The van der Waals surface area contributed by atoms with E-state index >= 15 is 0 Å². The van der Waals surface area contributed by atoms with E-state index in [1.54, 1.807) is 6.07 Å². The summed E-state index contributed by atoms with van der Waals surface area (Å²) in [5, 5.41) is 10.4. The second kappa shape index (κ2) is 10.00. The van der Waals surface area contributed by atoms with Crippen LogP contribution in [0.25, 0.3) is 0 Å². The number of anilines is 1. The zero-order valence-corrected chi connectivity index (χ0v) is 16.8. The molecule has 162 valence electrons. The molecular weight excluding hydrogens is 393 g/mol. The number of benzene rings is 2. The van der Waals surface area contributed by atoms with Crippen LogP contribution in [0.1, 0.15) is 11.1 Å². The molecule has 0 saturated carbocycles. The predicted octanol–water partition coefficient (Wildman–Crippen LogP) is 4.00. The number of hydrogen-bond acceptors (Lipinski definition) is 4. The molecule has 0 aromatic heterocycles. The Labute approximate surface area is 175 Å². The summed E-state index contributed by atoms with van der Waals surface area (Å²) in [5.41, 5.74) is 0.966. The summed E-state index contributed by atoms with van der Waals surface area (Å²) in [7, 11) is 0. The van der Waals surface area contributed by atoms with Crippen molar-refractivity contribution >= 4 is 5.69 Å². The quantitative estimate of drug-likeness (QED) is 0.655. The number of β-amino-alcohol motifs (C(OH)–C–C–N with tert-alkyl or cyclic N) is 1. The summed E-state index contributed by atoms with van der Waals surface area (Å²) in [5.74, 6) is 0.741. The van der Waals surface area contributed by atoms with Crippen LogP contribution in [0.15, 0.2) is 61.2 Å². The van der Waals surface area contributed by atoms with E-state index in [0.29, 0.717) is 44.8 Å². The normalized spacial score (nSPS) is 16.3.